The molecule has 0 atom stereocenters. The van der Waals surface area contributed by atoms with E-state index in [9.17, 15) is 10.2 Å². The Balaban J connectivity index is 2.25. The lowest BCUT2D eigenvalue weighted by Gasteiger charge is -2.02. The van der Waals surface area contributed by atoms with E-state index in [0.717, 1.165) is 5.56 Å². The Labute approximate surface area is 134 Å². The molecule has 0 unspecified atom stereocenters. The van der Waals surface area contributed by atoms with Crippen LogP contribution in [0, 0.1) is 5.41 Å². The van der Waals surface area contributed by atoms with Gasteiger partial charge in [0.25, 0.3) is 0 Å². The summed E-state index contributed by atoms with van der Waals surface area (Å²) in [5.74, 6) is 0.460. The van der Waals surface area contributed by atoms with Gasteiger partial charge in [0.1, 0.15) is 11.5 Å². The van der Waals surface area contributed by atoms with E-state index in [0.29, 0.717) is 11.4 Å². The van der Waals surface area contributed by atoms with Crippen LogP contribution < -0.4 is 0 Å². The third kappa shape index (κ3) is 4.64. The van der Waals surface area contributed by atoms with Crippen LogP contribution in [-0.4, -0.2) is 28.1 Å². The van der Waals surface area contributed by atoms with E-state index in [2.05, 4.69) is 9.98 Å². The van der Waals surface area contributed by atoms with Gasteiger partial charge in [-0.2, -0.15) is 0 Å². The number of hydrogen-bond donors (Lipinski definition) is 3. The number of allylic oxidation sites excluding steroid dienone is 1. The molecule has 5 nitrogen and oxygen atoms in total. The topological polar surface area (TPSA) is 89.0 Å². The summed E-state index contributed by atoms with van der Waals surface area (Å²) in [5, 5.41) is 27.0. The summed E-state index contributed by atoms with van der Waals surface area (Å²) in [5.41, 5.74) is 1.14. The molecule has 0 spiro atoms. The van der Waals surface area contributed by atoms with Crippen LogP contribution in [0.5, 0.6) is 11.5 Å². The second-order valence-electron chi connectivity index (χ2n) is 4.69. The van der Waals surface area contributed by atoms with Crippen molar-refractivity contribution in [3.63, 3.8) is 0 Å². The van der Waals surface area contributed by atoms with E-state index >= 15 is 0 Å². The van der Waals surface area contributed by atoms with Crippen LogP contribution in [0.3, 0.4) is 0 Å². The molecule has 0 bridgehead atoms. The number of phenolic OH excluding ortho intramolecular Hbond substituents is 2. The molecule has 0 radical (unpaired) electrons. The van der Waals surface area contributed by atoms with Gasteiger partial charge in [-0.05, 0) is 55.0 Å². The molecule has 0 amide bonds. The quantitative estimate of drug-likeness (QED) is 0.598. The molecule has 0 aliphatic heterocycles. The molecular weight excluding hydrogens is 290 g/mol. The maximum absolute atomic E-state index is 9.77. The van der Waals surface area contributed by atoms with Crippen LogP contribution >= 0.6 is 0 Å². The fraction of sp³-hybridized carbons (Fsp3) is 0.0556. The molecule has 0 aromatic heterocycles. The lowest BCUT2D eigenvalue weighted by molar-refractivity contribution is 0.474. The number of para-hydroxylation sites is 1. The molecule has 2 aromatic carbocycles. The van der Waals surface area contributed by atoms with E-state index in [4.69, 9.17) is 5.41 Å². The second-order valence-corrected chi connectivity index (χ2v) is 4.69. The number of aromatic hydroxyl groups is 2. The first-order valence-electron chi connectivity index (χ1n) is 7.01. The first-order valence-corrected chi connectivity index (χ1v) is 7.01. The fourth-order valence-electron chi connectivity index (χ4n) is 1.81. The highest BCUT2D eigenvalue weighted by Gasteiger charge is 2.05. The first kappa shape index (κ1) is 16.2. The van der Waals surface area contributed by atoms with Gasteiger partial charge in [0.15, 0.2) is 11.7 Å². The molecule has 5 heteroatoms. The van der Waals surface area contributed by atoms with Crippen LogP contribution in [0.25, 0.3) is 0 Å². The highest BCUT2D eigenvalue weighted by Crippen LogP contribution is 2.16. The lowest BCUT2D eigenvalue weighted by atomic mass is 10.2. The summed E-state index contributed by atoms with van der Waals surface area (Å²) >= 11 is 0. The smallest absolute Gasteiger partial charge is 0.158 e. The number of hydrogen-bond acceptors (Lipinski definition) is 3. The Morgan fingerprint density at radius 2 is 1.74 bits per heavy atom. The van der Waals surface area contributed by atoms with E-state index in [1.165, 1.54) is 6.07 Å². The lowest BCUT2D eigenvalue weighted by Crippen LogP contribution is -2.01. The number of phenols is 2. The minimum atomic E-state index is -0.0703. The predicted molar refractivity (Wildman–Crippen MR) is 92.9 cm³/mol. The highest BCUT2D eigenvalue weighted by molar-refractivity contribution is 6.11. The maximum atomic E-state index is 9.77. The summed E-state index contributed by atoms with van der Waals surface area (Å²) in [7, 11) is 0. The Kier molecular flexibility index (Phi) is 5.41. The zero-order valence-corrected chi connectivity index (χ0v) is 12.6. The molecule has 3 N–H and O–H groups in total. The fourth-order valence-corrected chi connectivity index (χ4v) is 1.81. The van der Waals surface area contributed by atoms with Crippen molar-refractivity contribution >= 4 is 17.9 Å². The highest BCUT2D eigenvalue weighted by atomic mass is 16.3. The second kappa shape index (κ2) is 7.70. The maximum Gasteiger partial charge on any atom is 0.158 e. The summed E-state index contributed by atoms with van der Waals surface area (Å²) < 4.78 is 0. The van der Waals surface area contributed by atoms with Crippen molar-refractivity contribution in [1.82, 2.24) is 0 Å². The minimum Gasteiger partial charge on any atom is -0.508 e. The molecule has 116 valence electrons. The zero-order chi connectivity index (χ0) is 16.7. The third-order valence-corrected chi connectivity index (χ3v) is 2.94. The Morgan fingerprint density at radius 1 is 1.04 bits per heavy atom. The molecule has 2 aromatic rings. The van der Waals surface area contributed by atoms with Gasteiger partial charge in [0.05, 0.1) is 5.56 Å². The Bertz CT molecular complexity index is 775. The van der Waals surface area contributed by atoms with Crippen LogP contribution in [-0.2, 0) is 0 Å². The predicted octanol–water partition coefficient (Wildman–Crippen LogP) is 3.52. The van der Waals surface area contributed by atoms with Crippen molar-refractivity contribution in [2.45, 2.75) is 6.92 Å². The normalized spacial score (nSPS) is 12.1. The molecule has 0 heterocycles. The number of rotatable bonds is 3. The average molecular weight is 307 g/mol. The van der Waals surface area contributed by atoms with Crippen molar-refractivity contribution in [2.75, 3.05) is 0 Å². The summed E-state index contributed by atoms with van der Waals surface area (Å²) in [4.78, 5) is 8.38. The largest absolute Gasteiger partial charge is 0.508 e. The number of amidine groups is 2. The molecule has 0 fully saturated rings. The van der Waals surface area contributed by atoms with Crippen molar-refractivity contribution in [2.24, 2.45) is 9.98 Å². The molecule has 2 rings (SSSR count). The standard InChI is InChI=1S/C18H17N3O2/c1-2-5-17(20-12-13-8-10-14(22)11-9-13)21-18(19)15-6-3-4-7-16(15)23/h2-12,19,22-23H,1H3/b5-2+,19-18?,20-12?,21-17?. The Morgan fingerprint density at radius 3 is 2.39 bits per heavy atom. The molecule has 23 heavy (non-hydrogen) atoms. The molecule has 0 saturated carbocycles. The monoisotopic (exact) mass is 307 g/mol. The number of aliphatic imine (C=N–C) groups is 2. The summed E-state index contributed by atoms with van der Waals surface area (Å²) in [6.07, 6.45) is 5.03. The molecule has 0 saturated heterocycles. The average Bonchev–Trinajstić information content (AvgIpc) is 2.54. The third-order valence-electron chi connectivity index (χ3n) is 2.94. The Hall–Kier alpha value is -3.21. The van der Waals surface area contributed by atoms with Gasteiger partial charge in [0.2, 0.25) is 0 Å². The molecule has 0 aliphatic rings. The number of nitrogens with zero attached hydrogens (tertiary/aromatic N) is 2. The van der Waals surface area contributed by atoms with Crippen molar-refractivity contribution in [1.29, 1.82) is 5.41 Å². The molecular formula is C18H17N3O2. The van der Waals surface area contributed by atoms with Crippen LogP contribution in [0.4, 0.5) is 0 Å². The molecule has 0 aliphatic carbocycles. The van der Waals surface area contributed by atoms with Gasteiger partial charge in [-0.25, -0.2) is 9.98 Å². The zero-order valence-electron chi connectivity index (χ0n) is 12.6. The van der Waals surface area contributed by atoms with Crippen molar-refractivity contribution < 1.29 is 10.2 Å². The van der Waals surface area contributed by atoms with E-state index in [1.807, 2.05) is 6.92 Å². The van der Waals surface area contributed by atoms with Gasteiger partial charge in [-0.1, -0.05) is 18.2 Å². The van der Waals surface area contributed by atoms with Gasteiger partial charge >= 0.3 is 0 Å². The van der Waals surface area contributed by atoms with Gasteiger partial charge in [0, 0.05) is 6.21 Å². The van der Waals surface area contributed by atoms with Gasteiger partial charge in [-0.15, -0.1) is 0 Å². The van der Waals surface area contributed by atoms with E-state index in [-0.39, 0.29) is 17.3 Å². The van der Waals surface area contributed by atoms with Gasteiger partial charge in [-0.3, -0.25) is 5.41 Å². The summed E-state index contributed by atoms with van der Waals surface area (Å²) in [6, 6.07) is 13.1. The van der Waals surface area contributed by atoms with Crippen LogP contribution in [0.1, 0.15) is 18.1 Å². The van der Waals surface area contributed by atoms with E-state index in [1.54, 1.807) is 60.8 Å². The van der Waals surface area contributed by atoms with Crippen molar-refractivity contribution in [3.8, 4) is 11.5 Å². The minimum absolute atomic E-state index is 0.00333. The van der Waals surface area contributed by atoms with Crippen LogP contribution in [0.2, 0.25) is 0 Å². The van der Waals surface area contributed by atoms with E-state index < -0.39 is 0 Å². The summed E-state index contributed by atoms with van der Waals surface area (Å²) in [6.45, 7) is 1.83. The SMILES string of the molecule is C/C=C/C(N=Cc1ccc(O)cc1)=NC(=N)c1ccccc1O. The number of benzene rings is 2. The van der Waals surface area contributed by atoms with Crippen molar-refractivity contribution in [3.05, 3.63) is 71.8 Å². The van der Waals surface area contributed by atoms with Gasteiger partial charge < -0.3 is 10.2 Å². The van der Waals surface area contributed by atoms with Crippen LogP contribution in [0.15, 0.2) is 70.7 Å². The first-order chi connectivity index (χ1) is 11.1. The number of nitrogens with one attached hydrogen (secondary N) is 1.